The van der Waals surface area contributed by atoms with Gasteiger partial charge in [-0.1, -0.05) is 43.7 Å². The number of carbonyl (C=O) groups excluding carboxylic acids is 2. The molecule has 6 heteroatoms. The van der Waals surface area contributed by atoms with E-state index < -0.39 is 17.7 Å². The molecule has 2 aromatic carbocycles. The van der Waals surface area contributed by atoms with E-state index in [1.165, 1.54) is 4.90 Å². The monoisotopic (exact) mass is 423 g/mol. The van der Waals surface area contributed by atoms with Gasteiger partial charge in [-0.05, 0) is 42.7 Å². The van der Waals surface area contributed by atoms with E-state index in [0.717, 1.165) is 18.4 Å². The summed E-state index contributed by atoms with van der Waals surface area (Å²) in [6.07, 6.45) is 2.60. The molecule has 0 bridgehead atoms. The summed E-state index contributed by atoms with van der Waals surface area (Å²) in [6, 6.07) is 15.6. The average molecular weight is 424 g/mol. The fourth-order valence-corrected chi connectivity index (χ4v) is 3.67. The van der Waals surface area contributed by atoms with Crippen molar-refractivity contribution in [3.8, 4) is 5.75 Å². The zero-order valence-corrected chi connectivity index (χ0v) is 18.0. The van der Waals surface area contributed by atoms with Crippen molar-refractivity contribution in [1.29, 1.82) is 0 Å². The summed E-state index contributed by atoms with van der Waals surface area (Å²) < 4.78 is 10.8. The van der Waals surface area contributed by atoms with Crippen molar-refractivity contribution in [1.82, 2.24) is 4.90 Å². The number of Topliss-reactive ketones (excluding diaryl/α,β-unsaturated/α-hetero) is 1. The second kappa shape index (κ2) is 10.8. The molecule has 1 atom stereocenters. The van der Waals surface area contributed by atoms with Gasteiger partial charge < -0.3 is 19.5 Å². The van der Waals surface area contributed by atoms with Gasteiger partial charge in [0.1, 0.15) is 11.5 Å². The number of ether oxygens (including phenoxy) is 2. The van der Waals surface area contributed by atoms with Gasteiger partial charge >= 0.3 is 0 Å². The molecular formula is C25H29NO5. The summed E-state index contributed by atoms with van der Waals surface area (Å²) in [5.74, 6) is -0.760. The van der Waals surface area contributed by atoms with Crippen molar-refractivity contribution in [2.75, 3.05) is 26.9 Å². The van der Waals surface area contributed by atoms with E-state index >= 15 is 0 Å². The predicted octanol–water partition coefficient (Wildman–Crippen LogP) is 4.32. The number of hydrogen-bond donors (Lipinski definition) is 1. The van der Waals surface area contributed by atoms with Gasteiger partial charge in [-0.25, -0.2) is 0 Å². The van der Waals surface area contributed by atoms with Crippen molar-refractivity contribution in [3.63, 3.8) is 0 Å². The van der Waals surface area contributed by atoms with Crippen LogP contribution in [0.25, 0.3) is 5.76 Å². The Hall–Kier alpha value is -3.12. The Bertz CT molecular complexity index is 921. The van der Waals surface area contributed by atoms with Crippen LogP contribution in [-0.2, 0) is 14.3 Å². The lowest BCUT2D eigenvalue weighted by atomic mass is 9.95. The second-order valence-electron chi connectivity index (χ2n) is 7.48. The minimum Gasteiger partial charge on any atom is -0.507 e. The van der Waals surface area contributed by atoms with Crippen molar-refractivity contribution in [3.05, 3.63) is 71.3 Å². The maximum absolute atomic E-state index is 12.9. The Morgan fingerprint density at radius 2 is 1.71 bits per heavy atom. The smallest absolute Gasteiger partial charge is 0.295 e. The van der Waals surface area contributed by atoms with Crippen molar-refractivity contribution in [2.45, 2.75) is 32.2 Å². The van der Waals surface area contributed by atoms with Crippen LogP contribution in [0.3, 0.4) is 0 Å². The maximum atomic E-state index is 12.9. The third-order valence-electron chi connectivity index (χ3n) is 5.30. The van der Waals surface area contributed by atoms with Crippen molar-refractivity contribution >= 4 is 17.4 Å². The largest absolute Gasteiger partial charge is 0.507 e. The molecule has 3 rings (SSSR count). The number of hydrogen-bond acceptors (Lipinski definition) is 5. The maximum Gasteiger partial charge on any atom is 0.295 e. The topological polar surface area (TPSA) is 76.1 Å². The molecule has 1 aliphatic rings. The summed E-state index contributed by atoms with van der Waals surface area (Å²) in [5.41, 5.74) is 1.35. The van der Waals surface area contributed by atoms with Gasteiger partial charge in [-0.3, -0.25) is 9.59 Å². The van der Waals surface area contributed by atoms with Crippen LogP contribution < -0.4 is 4.74 Å². The van der Waals surface area contributed by atoms with Crippen LogP contribution in [0.5, 0.6) is 5.75 Å². The van der Waals surface area contributed by atoms with E-state index in [2.05, 4.69) is 6.92 Å². The van der Waals surface area contributed by atoms with Gasteiger partial charge in [0.15, 0.2) is 0 Å². The first kappa shape index (κ1) is 22.6. The van der Waals surface area contributed by atoms with Crippen molar-refractivity contribution < 1.29 is 24.2 Å². The number of ketones is 1. The minimum atomic E-state index is -0.674. The Balaban J connectivity index is 1.96. The molecule has 6 nitrogen and oxygen atoms in total. The quantitative estimate of drug-likeness (QED) is 0.267. The van der Waals surface area contributed by atoms with E-state index in [4.69, 9.17) is 9.47 Å². The molecule has 0 spiro atoms. The highest BCUT2D eigenvalue weighted by molar-refractivity contribution is 6.46. The van der Waals surface area contributed by atoms with Crippen LogP contribution in [0, 0.1) is 0 Å². The molecule has 0 radical (unpaired) electrons. The number of benzene rings is 2. The van der Waals surface area contributed by atoms with Crippen LogP contribution in [0.2, 0.25) is 0 Å². The van der Waals surface area contributed by atoms with E-state index in [0.29, 0.717) is 37.5 Å². The standard InChI is InChI=1S/C25H29NO5/c1-3-4-17-31-20-13-11-19(12-14-20)23(27)21-22(18-9-6-5-7-10-18)26(15-8-16-30-2)25(29)24(21)28/h5-7,9-14,22,27H,3-4,8,15-17H2,1-2H3/b23-21+. The zero-order valence-electron chi connectivity index (χ0n) is 18.0. The lowest BCUT2D eigenvalue weighted by Crippen LogP contribution is -2.31. The molecule has 1 amide bonds. The van der Waals surface area contributed by atoms with Gasteiger partial charge in [0.2, 0.25) is 0 Å². The van der Waals surface area contributed by atoms with E-state index in [1.807, 2.05) is 30.3 Å². The molecule has 164 valence electrons. The second-order valence-corrected chi connectivity index (χ2v) is 7.48. The van der Waals surface area contributed by atoms with Gasteiger partial charge in [0, 0.05) is 25.8 Å². The molecule has 1 unspecified atom stereocenters. The molecule has 1 N–H and O–H groups in total. The predicted molar refractivity (Wildman–Crippen MR) is 119 cm³/mol. The minimum absolute atomic E-state index is 0.105. The van der Waals surface area contributed by atoms with Gasteiger partial charge in [0.25, 0.3) is 11.7 Å². The first-order valence-corrected chi connectivity index (χ1v) is 10.6. The highest BCUT2D eigenvalue weighted by Crippen LogP contribution is 2.39. The average Bonchev–Trinajstić information content (AvgIpc) is 3.05. The number of methoxy groups -OCH3 is 1. The zero-order chi connectivity index (χ0) is 22.2. The SMILES string of the molecule is CCCCOc1ccc(/C(O)=C2\C(=O)C(=O)N(CCCOC)C2c2ccccc2)cc1. The van der Waals surface area contributed by atoms with E-state index in [-0.39, 0.29) is 11.3 Å². The molecule has 0 saturated carbocycles. The van der Waals surface area contributed by atoms with Crippen LogP contribution in [-0.4, -0.2) is 48.6 Å². The molecule has 1 aliphatic heterocycles. The normalized spacial score (nSPS) is 17.9. The fraction of sp³-hybridized carbons (Fsp3) is 0.360. The molecule has 1 heterocycles. The lowest BCUT2D eigenvalue weighted by Gasteiger charge is -2.25. The molecule has 1 fully saturated rings. The summed E-state index contributed by atoms with van der Waals surface area (Å²) in [4.78, 5) is 27.2. The number of amides is 1. The van der Waals surface area contributed by atoms with E-state index in [9.17, 15) is 14.7 Å². The van der Waals surface area contributed by atoms with Crippen LogP contribution in [0.15, 0.2) is 60.2 Å². The molecular weight excluding hydrogens is 394 g/mol. The number of nitrogens with zero attached hydrogens (tertiary/aromatic N) is 1. The van der Waals surface area contributed by atoms with Crippen LogP contribution in [0.4, 0.5) is 0 Å². The Kier molecular flexibility index (Phi) is 7.84. The van der Waals surface area contributed by atoms with Gasteiger partial charge in [-0.2, -0.15) is 0 Å². The summed E-state index contributed by atoms with van der Waals surface area (Å²) in [5, 5.41) is 11.0. The van der Waals surface area contributed by atoms with E-state index in [1.54, 1.807) is 31.4 Å². The highest BCUT2D eigenvalue weighted by atomic mass is 16.5. The number of aliphatic hydroxyl groups excluding tert-OH is 1. The molecule has 1 saturated heterocycles. The van der Waals surface area contributed by atoms with Crippen LogP contribution >= 0.6 is 0 Å². The molecule has 2 aromatic rings. The number of rotatable bonds is 10. The molecule has 0 aromatic heterocycles. The van der Waals surface area contributed by atoms with Crippen LogP contribution in [0.1, 0.15) is 43.4 Å². The summed E-state index contributed by atoms with van der Waals surface area (Å²) in [7, 11) is 1.60. The Morgan fingerprint density at radius 3 is 2.35 bits per heavy atom. The fourth-order valence-electron chi connectivity index (χ4n) is 3.67. The molecule has 0 aliphatic carbocycles. The van der Waals surface area contributed by atoms with Crippen molar-refractivity contribution in [2.24, 2.45) is 0 Å². The number of likely N-dealkylation sites (tertiary alicyclic amines) is 1. The van der Waals surface area contributed by atoms with Gasteiger partial charge in [-0.15, -0.1) is 0 Å². The number of unbranched alkanes of at least 4 members (excludes halogenated alkanes) is 1. The first-order valence-electron chi connectivity index (χ1n) is 10.6. The third kappa shape index (κ3) is 5.14. The first-order chi connectivity index (χ1) is 15.1. The Morgan fingerprint density at radius 1 is 1.00 bits per heavy atom. The third-order valence-corrected chi connectivity index (χ3v) is 5.30. The number of carbonyl (C=O) groups is 2. The number of aliphatic hydroxyl groups is 1. The molecule has 31 heavy (non-hydrogen) atoms. The lowest BCUT2D eigenvalue weighted by molar-refractivity contribution is -0.140. The summed E-state index contributed by atoms with van der Waals surface area (Å²) in [6.45, 7) is 3.56. The Labute approximate surface area is 183 Å². The highest BCUT2D eigenvalue weighted by Gasteiger charge is 2.45. The summed E-state index contributed by atoms with van der Waals surface area (Å²) >= 11 is 0. The van der Waals surface area contributed by atoms with Gasteiger partial charge in [0.05, 0.1) is 18.2 Å².